The van der Waals surface area contributed by atoms with Crippen molar-refractivity contribution in [1.29, 1.82) is 0 Å². The minimum Gasteiger partial charge on any atom is -0.486 e. The van der Waals surface area contributed by atoms with Crippen LogP contribution in [-0.4, -0.2) is 18.1 Å². The normalized spacial score (nSPS) is 25.7. The van der Waals surface area contributed by atoms with Gasteiger partial charge in [-0.1, -0.05) is 12.1 Å². The van der Waals surface area contributed by atoms with Gasteiger partial charge in [-0.25, -0.2) is 0 Å². The van der Waals surface area contributed by atoms with Crippen LogP contribution in [0.3, 0.4) is 0 Å². The summed E-state index contributed by atoms with van der Waals surface area (Å²) in [5.74, 6) is 0.462. The van der Waals surface area contributed by atoms with E-state index in [0.717, 1.165) is 0 Å². The number of hydrogen-bond acceptors (Lipinski definition) is 3. The standard InChI is InChI=1S/C10H12N2O2/c1-6-9(11)10(13)12-7-4-2-3-5-8(7)14-6/h2-6,9H,11H2,1H3,(H,12,13)/t6-,9-/m0/s1. The van der Waals surface area contributed by atoms with E-state index in [4.69, 9.17) is 10.5 Å². The maximum absolute atomic E-state index is 11.5. The van der Waals surface area contributed by atoms with Crippen molar-refractivity contribution in [3.63, 3.8) is 0 Å². The molecule has 0 radical (unpaired) electrons. The van der Waals surface area contributed by atoms with Gasteiger partial charge in [-0.05, 0) is 19.1 Å². The summed E-state index contributed by atoms with van der Waals surface area (Å²) < 4.78 is 5.53. The molecule has 1 aromatic rings. The zero-order chi connectivity index (χ0) is 10.1. The number of benzene rings is 1. The van der Waals surface area contributed by atoms with Crippen molar-refractivity contribution in [2.75, 3.05) is 5.32 Å². The minimum absolute atomic E-state index is 0.206. The number of amides is 1. The van der Waals surface area contributed by atoms with E-state index >= 15 is 0 Å². The number of anilines is 1. The molecule has 0 aromatic heterocycles. The van der Waals surface area contributed by atoms with E-state index in [-0.39, 0.29) is 12.0 Å². The number of ether oxygens (including phenoxy) is 1. The monoisotopic (exact) mass is 192 g/mol. The van der Waals surface area contributed by atoms with Gasteiger partial charge in [0.15, 0.2) is 0 Å². The Hall–Kier alpha value is -1.55. The molecular weight excluding hydrogens is 180 g/mol. The summed E-state index contributed by atoms with van der Waals surface area (Å²) >= 11 is 0. The molecule has 74 valence electrons. The van der Waals surface area contributed by atoms with Crippen LogP contribution in [0.4, 0.5) is 5.69 Å². The molecule has 1 aromatic carbocycles. The van der Waals surface area contributed by atoms with Gasteiger partial charge in [0.25, 0.3) is 0 Å². The van der Waals surface area contributed by atoms with E-state index in [2.05, 4.69) is 5.32 Å². The molecule has 0 spiro atoms. The fourth-order valence-corrected chi connectivity index (χ4v) is 1.38. The zero-order valence-electron chi connectivity index (χ0n) is 7.86. The highest BCUT2D eigenvalue weighted by Gasteiger charge is 2.27. The van der Waals surface area contributed by atoms with Gasteiger partial charge in [0.1, 0.15) is 17.9 Å². The third kappa shape index (κ3) is 1.44. The Bertz CT molecular complexity index is 365. The summed E-state index contributed by atoms with van der Waals surface area (Å²) in [6.45, 7) is 1.78. The molecule has 1 aliphatic heterocycles. The Labute approximate surface area is 82.1 Å². The van der Waals surface area contributed by atoms with Crippen molar-refractivity contribution >= 4 is 11.6 Å². The van der Waals surface area contributed by atoms with Gasteiger partial charge in [-0.3, -0.25) is 4.79 Å². The summed E-state index contributed by atoms with van der Waals surface area (Å²) in [7, 11) is 0. The molecule has 4 nitrogen and oxygen atoms in total. The molecular formula is C10H12N2O2. The van der Waals surface area contributed by atoms with Gasteiger partial charge in [0.2, 0.25) is 5.91 Å². The second-order valence-electron chi connectivity index (χ2n) is 3.33. The first-order chi connectivity index (χ1) is 6.68. The summed E-state index contributed by atoms with van der Waals surface area (Å²) in [6, 6.07) is 6.67. The van der Waals surface area contributed by atoms with Crippen LogP contribution in [0.15, 0.2) is 24.3 Å². The Morgan fingerprint density at radius 1 is 1.43 bits per heavy atom. The molecule has 4 heteroatoms. The smallest absolute Gasteiger partial charge is 0.245 e. The molecule has 1 aliphatic rings. The predicted molar refractivity (Wildman–Crippen MR) is 53.1 cm³/mol. The van der Waals surface area contributed by atoms with E-state index in [1.54, 1.807) is 13.0 Å². The van der Waals surface area contributed by atoms with Crippen LogP contribution in [0.1, 0.15) is 6.92 Å². The number of carbonyl (C=O) groups excluding carboxylic acids is 1. The Morgan fingerprint density at radius 3 is 2.93 bits per heavy atom. The Kier molecular flexibility index (Phi) is 2.13. The first-order valence-electron chi connectivity index (χ1n) is 4.50. The highest BCUT2D eigenvalue weighted by atomic mass is 16.5. The van der Waals surface area contributed by atoms with Crippen LogP contribution in [0.5, 0.6) is 5.75 Å². The van der Waals surface area contributed by atoms with Crippen LogP contribution >= 0.6 is 0 Å². The molecule has 2 atom stereocenters. The van der Waals surface area contributed by atoms with Crippen molar-refractivity contribution in [2.24, 2.45) is 5.73 Å². The molecule has 0 bridgehead atoms. The van der Waals surface area contributed by atoms with Crippen molar-refractivity contribution in [2.45, 2.75) is 19.1 Å². The average molecular weight is 192 g/mol. The highest BCUT2D eigenvalue weighted by molar-refractivity contribution is 5.97. The number of hydrogen-bond donors (Lipinski definition) is 2. The molecule has 3 N–H and O–H groups in total. The summed E-state index contributed by atoms with van der Waals surface area (Å²) in [4.78, 5) is 11.5. The Morgan fingerprint density at radius 2 is 2.14 bits per heavy atom. The highest BCUT2D eigenvalue weighted by Crippen LogP contribution is 2.27. The average Bonchev–Trinajstić information content (AvgIpc) is 2.28. The molecule has 0 unspecified atom stereocenters. The van der Waals surface area contributed by atoms with E-state index in [1.165, 1.54) is 0 Å². The summed E-state index contributed by atoms with van der Waals surface area (Å²) in [5, 5.41) is 2.71. The molecule has 2 rings (SSSR count). The lowest BCUT2D eigenvalue weighted by atomic mass is 10.2. The molecule has 1 amide bonds. The number of nitrogens with two attached hydrogens (primary N) is 1. The SMILES string of the molecule is C[C@@H]1Oc2ccccc2NC(=O)[C@H]1N. The third-order valence-electron chi connectivity index (χ3n) is 2.27. The molecule has 14 heavy (non-hydrogen) atoms. The van der Waals surface area contributed by atoms with Gasteiger partial charge in [0.05, 0.1) is 5.69 Å². The van der Waals surface area contributed by atoms with Gasteiger partial charge in [-0.2, -0.15) is 0 Å². The first-order valence-corrected chi connectivity index (χ1v) is 4.50. The summed E-state index contributed by atoms with van der Waals surface area (Å²) in [5.41, 5.74) is 6.34. The van der Waals surface area contributed by atoms with E-state index < -0.39 is 6.04 Å². The van der Waals surface area contributed by atoms with Crippen LogP contribution in [0, 0.1) is 0 Å². The van der Waals surface area contributed by atoms with Gasteiger partial charge < -0.3 is 15.8 Å². The number of para-hydroxylation sites is 2. The van der Waals surface area contributed by atoms with Gasteiger partial charge in [0, 0.05) is 0 Å². The molecule has 0 fully saturated rings. The lowest BCUT2D eigenvalue weighted by Gasteiger charge is -2.15. The van der Waals surface area contributed by atoms with E-state index in [0.29, 0.717) is 11.4 Å². The van der Waals surface area contributed by atoms with E-state index in [9.17, 15) is 4.79 Å². The maximum atomic E-state index is 11.5. The fraction of sp³-hybridized carbons (Fsp3) is 0.300. The topological polar surface area (TPSA) is 64.3 Å². The van der Waals surface area contributed by atoms with Crippen LogP contribution in [0.2, 0.25) is 0 Å². The largest absolute Gasteiger partial charge is 0.486 e. The lowest BCUT2D eigenvalue weighted by molar-refractivity contribution is -0.118. The molecule has 0 saturated heterocycles. The lowest BCUT2D eigenvalue weighted by Crippen LogP contribution is -2.44. The van der Waals surface area contributed by atoms with Crippen LogP contribution in [0.25, 0.3) is 0 Å². The molecule has 0 aliphatic carbocycles. The van der Waals surface area contributed by atoms with Crippen molar-refractivity contribution in [1.82, 2.24) is 0 Å². The Balaban J connectivity index is 2.39. The first kappa shape index (κ1) is 9.02. The van der Waals surface area contributed by atoms with Crippen molar-refractivity contribution in [3.05, 3.63) is 24.3 Å². The summed E-state index contributed by atoms with van der Waals surface area (Å²) in [6.07, 6.45) is -0.307. The van der Waals surface area contributed by atoms with Gasteiger partial charge in [-0.15, -0.1) is 0 Å². The van der Waals surface area contributed by atoms with E-state index in [1.807, 2.05) is 18.2 Å². The number of nitrogens with one attached hydrogen (secondary N) is 1. The number of rotatable bonds is 0. The number of carbonyl (C=O) groups is 1. The fourth-order valence-electron chi connectivity index (χ4n) is 1.38. The third-order valence-corrected chi connectivity index (χ3v) is 2.27. The second kappa shape index (κ2) is 3.31. The van der Waals surface area contributed by atoms with Crippen LogP contribution in [-0.2, 0) is 4.79 Å². The van der Waals surface area contributed by atoms with Crippen LogP contribution < -0.4 is 15.8 Å². The maximum Gasteiger partial charge on any atom is 0.245 e. The molecule has 1 heterocycles. The van der Waals surface area contributed by atoms with Crippen molar-refractivity contribution < 1.29 is 9.53 Å². The zero-order valence-corrected chi connectivity index (χ0v) is 7.86. The number of fused-ring (bicyclic) bond motifs is 1. The predicted octanol–water partition coefficient (Wildman–Crippen LogP) is 0.733. The quantitative estimate of drug-likeness (QED) is 0.637. The second-order valence-corrected chi connectivity index (χ2v) is 3.33. The van der Waals surface area contributed by atoms with Gasteiger partial charge >= 0.3 is 0 Å². The molecule has 0 saturated carbocycles. The minimum atomic E-state index is -0.623. The van der Waals surface area contributed by atoms with Crippen molar-refractivity contribution in [3.8, 4) is 5.75 Å².